The first-order valence-electron chi connectivity index (χ1n) is 10.2. The number of ether oxygens (including phenoxy) is 4. The smallest absolute Gasteiger partial charge is 0.325 e. The standard InChI is InChI=1S/C22H21N3O7/c1-22(13-3-5-16-17(9-13)32-12-31-16)20(27)25(21(28)24-22)11-19(26)23-14-4-6-15-18(10-14)30-8-2-7-29-15/h3-6,9-10H,2,7-8,11-12H2,1H3,(H,23,26)(H,24,28)/t22-/m1/s1. The second-order valence-electron chi connectivity index (χ2n) is 7.77. The van der Waals surface area contributed by atoms with Gasteiger partial charge in [-0.1, -0.05) is 6.07 Å². The van der Waals surface area contributed by atoms with Crippen LogP contribution in [0.2, 0.25) is 0 Å². The van der Waals surface area contributed by atoms with Crippen molar-refractivity contribution in [3.63, 3.8) is 0 Å². The second kappa shape index (κ2) is 7.63. The van der Waals surface area contributed by atoms with E-state index in [9.17, 15) is 14.4 Å². The van der Waals surface area contributed by atoms with E-state index in [0.717, 1.165) is 11.3 Å². The van der Waals surface area contributed by atoms with Crippen molar-refractivity contribution >= 4 is 23.5 Å². The van der Waals surface area contributed by atoms with Crippen LogP contribution in [0, 0.1) is 0 Å². The number of rotatable bonds is 4. The minimum Gasteiger partial charge on any atom is -0.490 e. The molecule has 10 nitrogen and oxygen atoms in total. The van der Waals surface area contributed by atoms with Crippen LogP contribution in [0.15, 0.2) is 36.4 Å². The molecular formula is C22H21N3O7. The van der Waals surface area contributed by atoms with Gasteiger partial charge in [0.15, 0.2) is 23.0 Å². The van der Waals surface area contributed by atoms with E-state index < -0.39 is 29.9 Å². The quantitative estimate of drug-likeness (QED) is 0.700. The Morgan fingerprint density at radius 1 is 1.00 bits per heavy atom. The van der Waals surface area contributed by atoms with E-state index in [1.165, 1.54) is 0 Å². The summed E-state index contributed by atoms with van der Waals surface area (Å²) < 4.78 is 21.9. The molecule has 0 aliphatic carbocycles. The minimum atomic E-state index is -1.33. The lowest BCUT2D eigenvalue weighted by molar-refractivity contribution is -0.133. The maximum atomic E-state index is 13.1. The molecule has 2 aromatic carbocycles. The maximum absolute atomic E-state index is 13.1. The fraction of sp³-hybridized carbons (Fsp3) is 0.318. The summed E-state index contributed by atoms with van der Waals surface area (Å²) in [6.07, 6.45) is 0.769. The van der Waals surface area contributed by atoms with Gasteiger partial charge < -0.3 is 29.6 Å². The van der Waals surface area contributed by atoms with Crippen molar-refractivity contribution in [1.29, 1.82) is 0 Å². The predicted octanol–water partition coefficient (Wildman–Crippen LogP) is 1.98. The van der Waals surface area contributed by atoms with Gasteiger partial charge in [-0.05, 0) is 36.8 Å². The van der Waals surface area contributed by atoms with E-state index in [1.807, 2.05) is 0 Å². The molecule has 0 spiro atoms. The van der Waals surface area contributed by atoms with Gasteiger partial charge in [0.05, 0.1) is 13.2 Å². The summed E-state index contributed by atoms with van der Waals surface area (Å²) in [5.74, 6) is 1.16. The van der Waals surface area contributed by atoms with Gasteiger partial charge in [0.25, 0.3) is 5.91 Å². The highest BCUT2D eigenvalue weighted by molar-refractivity contribution is 6.10. The number of benzene rings is 2. The maximum Gasteiger partial charge on any atom is 0.325 e. The third-order valence-electron chi connectivity index (χ3n) is 5.56. The van der Waals surface area contributed by atoms with E-state index in [2.05, 4.69) is 10.6 Å². The fourth-order valence-corrected chi connectivity index (χ4v) is 3.83. The number of nitrogens with zero attached hydrogens (tertiary/aromatic N) is 1. The Bertz CT molecular complexity index is 1120. The Kier molecular flexibility index (Phi) is 4.76. The lowest BCUT2D eigenvalue weighted by Gasteiger charge is -2.22. The van der Waals surface area contributed by atoms with E-state index in [4.69, 9.17) is 18.9 Å². The molecule has 10 heteroatoms. The number of hydrogen-bond acceptors (Lipinski definition) is 7. The molecule has 1 saturated heterocycles. The normalized spacial score (nSPS) is 21.2. The number of fused-ring (bicyclic) bond motifs is 2. The van der Waals surface area contributed by atoms with Crippen molar-refractivity contribution in [2.24, 2.45) is 0 Å². The molecule has 3 heterocycles. The number of nitrogens with one attached hydrogen (secondary N) is 2. The van der Waals surface area contributed by atoms with Crippen LogP contribution in [-0.2, 0) is 15.1 Å². The SMILES string of the molecule is C[C@]1(c2ccc3c(c2)OCO3)NC(=O)N(CC(=O)Nc2ccc3c(c2)OCCCO3)C1=O. The summed E-state index contributed by atoms with van der Waals surface area (Å²) in [6.45, 7) is 2.34. The molecule has 32 heavy (non-hydrogen) atoms. The number of carbonyl (C=O) groups excluding carboxylic acids is 3. The zero-order valence-electron chi connectivity index (χ0n) is 17.3. The van der Waals surface area contributed by atoms with Crippen molar-refractivity contribution < 1.29 is 33.3 Å². The highest BCUT2D eigenvalue weighted by Gasteiger charge is 2.49. The molecule has 166 valence electrons. The topological polar surface area (TPSA) is 115 Å². The van der Waals surface area contributed by atoms with Crippen molar-refractivity contribution in [2.45, 2.75) is 18.9 Å². The molecule has 3 aliphatic rings. The average molecular weight is 439 g/mol. The molecule has 4 amide bonds. The van der Waals surface area contributed by atoms with Gasteiger partial charge in [0, 0.05) is 18.2 Å². The van der Waals surface area contributed by atoms with E-state index in [1.54, 1.807) is 43.3 Å². The molecule has 0 saturated carbocycles. The van der Waals surface area contributed by atoms with Gasteiger partial charge >= 0.3 is 6.03 Å². The minimum absolute atomic E-state index is 0.0992. The van der Waals surface area contributed by atoms with Crippen LogP contribution >= 0.6 is 0 Å². The molecule has 0 bridgehead atoms. The van der Waals surface area contributed by atoms with E-state index >= 15 is 0 Å². The number of urea groups is 1. The number of carbonyl (C=O) groups is 3. The molecule has 2 N–H and O–H groups in total. The summed E-state index contributed by atoms with van der Waals surface area (Å²) in [5, 5.41) is 5.38. The van der Waals surface area contributed by atoms with E-state index in [-0.39, 0.29) is 6.79 Å². The van der Waals surface area contributed by atoms with Gasteiger partial charge in [-0.2, -0.15) is 0 Å². The Labute approximate surface area is 183 Å². The largest absolute Gasteiger partial charge is 0.490 e. The van der Waals surface area contributed by atoms with Gasteiger partial charge in [-0.3, -0.25) is 14.5 Å². The monoisotopic (exact) mass is 439 g/mol. The fourth-order valence-electron chi connectivity index (χ4n) is 3.83. The first-order chi connectivity index (χ1) is 15.4. The molecule has 2 aromatic rings. The molecule has 0 aromatic heterocycles. The van der Waals surface area contributed by atoms with Crippen molar-refractivity contribution in [3.8, 4) is 23.0 Å². The Morgan fingerprint density at radius 3 is 2.53 bits per heavy atom. The number of hydrogen-bond donors (Lipinski definition) is 2. The second-order valence-corrected chi connectivity index (χ2v) is 7.77. The summed E-state index contributed by atoms with van der Waals surface area (Å²) in [5.41, 5.74) is -0.316. The lowest BCUT2D eigenvalue weighted by Crippen LogP contribution is -2.42. The van der Waals surface area contributed by atoms with Crippen LogP contribution < -0.4 is 29.6 Å². The summed E-state index contributed by atoms with van der Waals surface area (Å²) in [6, 6.07) is 9.41. The highest BCUT2D eigenvalue weighted by Crippen LogP contribution is 2.38. The molecule has 3 aliphatic heterocycles. The molecule has 0 radical (unpaired) electrons. The van der Waals surface area contributed by atoms with Crippen molar-refractivity contribution in [2.75, 3.05) is 31.9 Å². The highest BCUT2D eigenvalue weighted by atomic mass is 16.7. The lowest BCUT2D eigenvalue weighted by atomic mass is 9.91. The first-order valence-corrected chi connectivity index (χ1v) is 10.2. The predicted molar refractivity (Wildman–Crippen MR) is 111 cm³/mol. The number of anilines is 1. The van der Waals surface area contributed by atoms with Crippen LogP contribution in [0.25, 0.3) is 0 Å². The Balaban J connectivity index is 1.29. The third-order valence-corrected chi connectivity index (χ3v) is 5.56. The molecule has 1 fully saturated rings. The summed E-state index contributed by atoms with van der Waals surface area (Å²) >= 11 is 0. The third kappa shape index (κ3) is 3.43. The van der Waals surface area contributed by atoms with Crippen LogP contribution in [0.4, 0.5) is 10.5 Å². The van der Waals surface area contributed by atoms with E-state index in [0.29, 0.717) is 47.5 Å². The van der Waals surface area contributed by atoms with Crippen LogP contribution in [0.5, 0.6) is 23.0 Å². The van der Waals surface area contributed by atoms with Crippen LogP contribution in [0.3, 0.4) is 0 Å². The average Bonchev–Trinajstić information content (AvgIpc) is 3.23. The molecule has 1 atom stereocenters. The molecule has 5 rings (SSSR count). The van der Waals surface area contributed by atoms with Gasteiger partial charge in [0.2, 0.25) is 12.7 Å². The first kappa shape index (κ1) is 20.0. The van der Waals surface area contributed by atoms with Gasteiger partial charge in [-0.25, -0.2) is 4.79 Å². The van der Waals surface area contributed by atoms with Crippen molar-refractivity contribution in [3.05, 3.63) is 42.0 Å². The zero-order valence-corrected chi connectivity index (χ0v) is 17.3. The Morgan fingerprint density at radius 2 is 1.69 bits per heavy atom. The number of imide groups is 1. The molecule has 0 unspecified atom stereocenters. The number of amides is 4. The van der Waals surface area contributed by atoms with Gasteiger partial charge in [0.1, 0.15) is 12.1 Å². The van der Waals surface area contributed by atoms with Crippen molar-refractivity contribution in [1.82, 2.24) is 10.2 Å². The van der Waals surface area contributed by atoms with Crippen LogP contribution in [0.1, 0.15) is 18.9 Å². The summed E-state index contributed by atoms with van der Waals surface area (Å²) in [4.78, 5) is 39.2. The summed E-state index contributed by atoms with van der Waals surface area (Å²) in [7, 11) is 0. The Hall–Kier alpha value is -3.95. The van der Waals surface area contributed by atoms with Crippen LogP contribution in [-0.4, -0.2) is 49.3 Å². The molecular weight excluding hydrogens is 418 g/mol. The van der Waals surface area contributed by atoms with Gasteiger partial charge in [-0.15, -0.1) is 0 Å². The zero-order chi connectivity index (χ0) is 22.3.